The number of ether oxygens (including phenoxy) is 6. The molecule has 12 N–H and O–H groups in total. The van der Waals surface area contributed by atoms with Gasteiger partial charge in [0.05, 0.1) is 38.6 Å². The predicted molar refractivity (Wildman–Crippen MR) is 199 cm³/mol. The van der Waals surface area contributed by atoms with Crippen molar-refractivity contribution in [3.63, 3.8) is 0 Å². The monoisotopic (exact) mass is 829 g/mol. The van der Waals surface area contributed by atoms with Crippen LogP contribution in [0, 0.1) is 0 Å². The second-order valence-corrected chi connectivity index (χ2v) is 15.5. The number of hydrogen-bond acceptors (Lipinski definition) is 18. The Morgan fingerprint density at radius 1 is 0.561 bits per heavy atom. The van der Waals surface area contributed by atoms with Gasteiger partial charge in [-0.2, -0.15) is 0 Å². The van der Waals surface area contributed by atoms with Gasteiger partial charge in [-0.1, -0.05) is 84.5 Å². The Balaban J connectivity index is 1.62. The molecule has 1 amide bonds. The van der Waals surface area contributed by atoms with Gasteiger partial charge in [0, 0.05) is 6.42 Å². The number of carbonyl (C=O) groups is 1. The molecule has 336 valence electrons. The topological polar surface area (TPSA) is 307 Å². The van der Waals surface area contributed by atoms with E-state index < -0.39 is 124 Å². The van der Waals surface area contributed by atoms with Crippen LogP contribution in [-0.4, -0.2) is 193 Å². The van der Waals surface area contributed by atoms with E-state index in [1.165, 1.54) is 25.7 Å². The van der Waals surface area contributed by atoms with Crippen molar-refractivity contribution in [1.82, 2.24) is 5.32 Å². The third-order valence-corrected chi connectivity index (χ3v) is 10.9. The number of hydrogen-bond donors (Lipinski definition) is 12. The summed E-state index contributed by atoms with van der Waals surface area (Å²) < 4.78 is 33.8. The van der Waals surface area contributed by atoms with Crippen molar-refractivity contribution in [3.05, 3.63) is 0 Å². The minimum absolute atomic E-state index is 0.259. The predicted octanol–water partition coefficient (Wildman–Crippen LogP) is -2.20. The quantitative estimate of drug-likeness (QED) is 0.0412. The number of nitrogens with one attached hydrogen (secondary N) is 1. The largest absolute Gasteiger partial charge is 0.394 e. The van der Waals surface area contributed by atoms with E-state index >= 15 is 0 Å². The minimum Gasteiger partial charge on any atom is -0.394 e. The highest BCUT2D eigenvalue weighted by atomic mass is 16.8. The molecule has 0 aliphatic carbocycles. The SMILES string of the molecule is CCCCCCCCCCC(O)C(COC1OC(CO)C(OC2OC(CO)C(OC3OC(CO)C(O)C(O)C3O)C(O)C2O)C(O)C1O)NC(=O)CCCCCC. The number of unbranched alkanes of at least 4 members (excludes halogenated alkanes) is 10. The molecule has 3 aliphatic heterocycles. The van der Waals surface area contributed by atoms with E-state index in [1.807, 2.05) is 0 Å². The Bertz CT molecular complexity index is 1090. The fraction of sp³-hybridized carbons (Fsp3) is 0.974. The fourth-order valence-electron chi connectivity index (χ4n) is 7.31. The second-order valence-electron chi connectivity index (χ2n) is 15.5. The van der Waals surface area contributed by atoms with E-state index in [0.29, 0.717) is 12.8 Å². The fourth-order valence-corrected chi connectivity index (χ4v) is 7.31. The summed E-state index contributed by atoms with van der Waals surface area (Å²) in [5, 5.41) is 118. The molecule has 17 atom stereocenters. The van der Waals surface area contributed by atoms with E-state index in [2.05, 4.69) is 19.2 Å². The zero-order chi connectivity index (χ0) is 42.1. The summed E-state index contributed by atoms with van der Waals surface area (Å²) >= 11 is 0. The number of aliphatic hydroxyl groups is 11. The van der Waals surface area contributed by atoms with Gasteiger partial charge < -0.3 is 89.9 Å². The van der Waals surface area contributed by atoms with Crippen LogP contribution in [0.5, 0.6) is 0 Å². The van der Waals surface area contributed by atoms with Gasteiger partial charge in [0.1, 0.15) is 73.2 Å². The normalized spacial score (nSPS) is 37.2. The van der Waals surface area contributed by atoms with Gasteiger partial charge in [-0.05, 0) is 12.8 Å². The molecule has 3 rings (SSSR count). The van der Waals surface area contributed by atoms with Gasteiger partial charge in [0.25, 0.3) is 0 Å². The molecule has 57 heavy (non-hydrogen) atoms. The average Bonchev–Trinajstić information content (AvgIpc) is 3.20. The Morgan fingerprint density at radius 3 is 1.53 bits per heavy atom. The highest BCUT2D eigenvalue weighted by Gasteiger charge is 2.53. The molecule has 3 aliphatic rings. The van der Waals surface area contributed by atoms with Crippen LogP contribution in [0.3, 0.4) is 0 Å². The molecule has 0 bridgehead atoms. The van der Waals surface area contributed by atoms with Crippen LogP contribution in [0.15, 0.2) is 0 Å². The van der Waals surface area contributed by atoms with E-state index in [9.17, 15) is 61.0 Å². The van der Waals surface area contributed by atoms with Gasteiger partial charge >= 0.3 is 0 Å². The molecular weight excluding hydrogens is 758 g/mol. The van der Waals surface area contributed by atoms with Crippen molar-refractivity contribution in [1.29, 1.82) is 0 Å². The lowest BCUT2D eigenvalue weighted by Gasteiger charge is -2.48. The summed E-state index contributed by atoms with van der Waals surface area (Å²) in [6.07, 6.45) is -13.7. The standard InChI is InChI=1S/C38H71NO18/c1-3-5-7-9-10-11-12-13-15-22(43)21(39-26(44)16-14-8-6-4-2)20-52-36-32(50)29(47)34(24(18-41)54-36)57-38-33(51)30(48)35(25(19-42)55-38)56-37-31(49)28(46)27(45)23(17-40)53-37/h21-25,27-38,40-43,45-51H,3-20H2,1-2H3,(H,39,44). The molecule has 0 aromatic rings. The van der Waals surface area contributed by atoms with Crippen LogP contribution in [0.4, 0.5) is 0 Å². The first-order chi connectivity index (χ1) is 27.3. The van der Waals surface area contributed by atoms with E-state index in [1.54, 1.807) is 0 Å². The maximum atomic E-state index is 12.8. The Morgan fingerprint density at radius 2 is 1.00 bits per heavy atom. The molecule has 19 heteroatoms. The molecule has 0 saturated carbocycles. The van der Waals surface area contributed by atoms with E-state index in [-0.39, 0.29) is 18.9 Å². The number of aliphatic hydroxyl groups excluding tert-OH is 11. The summed E-state index contributed by atoms with van der Waals surface area (Å²) in [5.74, 6) is -0.267. The van der Waals surface area contributed by atoms with Crippen molar-refractivity contribution in [2.24, 2.45) is 0 Å². The highest BCUT2D eigenvalue weighted by Crippen LogP contribution is 2.33. The lowest BCUT2D eigenvalue weighted by Crippen LogP contribution is -2.66. The molecule has 3 fully saturated rings. The molecule has 3 saturated heterocycles. The van der Waals surface area contributed by atoms with Crippen LogP contribution in [-0.2, 0) is 33.2 Å². The first-order valence-electron chi connectivity index (χ1n) is 20.8. The molecular formula is C38H71NO18. The lowest BCUT2D eigenvalue weighted by molar-refractivity contribution is -0.379. The third kappa shape index (κ3) is 14.7. The second kappa shape index (κ2) is 26.2. The smallest absolute Gasteiger partial charge is 0.220 e. The zero-order valence-electron chi connectivity index (χ0n) is 33.3. The van der Waals surface area contributed by atoms with Crippen molar-refractivity contribution >= 4 is 5.91 Å². The van der Waals surface area contributed by atoms with Gasteiger partial charge in [-0.25, -0.2) is 0 Å². The summed E-state index contributed by atoms with van der Waals surface area (Å²) in [7, 11) is 0. The van der Waals surface area contributed by atoms with Crippen molar-refractivity contribution in [3.8, 4) is 0 Å². The third-order valence-electron chi connectivity index (χ3n) is 10.9. The first-order valence-corrected chi connectivity index (χ1v) is 20.8. The van der Waals surface area contributed by atoms with Crippen LogP contribution < -0.4 is 5.32 Å². The van der Waals surface area contributed by atoms with Crippen LogP contribution in [0.25, 0.3) is 0 Å². The molecule has 0 aromatic heterocycles. The van der Waals surface area contributed by atoms with Crippen LogP contribution >= 0.6 is 0 Å². The average molecular weight is 830 g/mol. The number of amides is 1. The Labute approximate surface area is 334 Å². The first kappa shape index (κ1) is 50.1. The van der Waals surface area contributed by atoms with Gasteiger partial charge in [-0.3, -0.25) is 4.79 Å². The van der Waals surface area contributed by atoms with Crippen molar-refractivity contribution in [2.75, 3.05) is 26.4 Å². The zero-order valence-corrected chi connectivity index (χ0v) is 33.3. The maximum absolute atomic E-state index is 12.8. The summed E-state index contributed by atoms with van der Waals surface area (Å²) in [6, 6.07) is -0.872. The maximum Gasteiger partial charge on any atom is 0.220 e. The Hall–Kier alpha value is -1.21. The minimum atomic E-state index is -1.96. The summed E-state index contributed by atoms with van der Waals surface area (Å²) in [6.45, 7) is 1.53. The summed E-state index contributed by atoms with van der Waals surface area (Å²) in [5.41, 5.74) is 0. The Kier molecular flexibility index (Phi) is 23.0. The van der Waals surface area contributed by atoms with Gasteiger partial charge in [0.15, 0.2) is 18.9 Å². The highest BCUT2D eigenvalue weighted by molar-refractivity contribution is 5.76. The molecule has 3 heterocycles. The van der Waals surface area contributed by atoms with Crippen molar-refractivity contribution < 1.29 is 89.4 Å². The molecule has 17 unspecified atom stereocenters. The summed E-state index contributed by atoms with van der Waals surface area (Å²) in [4.78, 5) is 12.8. The number of rotatable bonds is 26. The van der Waals surface area contributed by atoms with Crippen molar-refractivity contribution in [2.45, 2.75) is 208 Å². The lowest BCUT2D eigenvalue weighted by atomic mass is 9.96. The van der Waals surface area contributed by atoms with Crippen LogP contribution in [0.1, 0.15) is 104 Å². The molecule has 19 nitrogen and oxygen atoms in total. The van der Waals surface area contributed by atoms with Crippen LogP contribution in [0.2, 0.25) is 0 Å². The molecule has 0 spiro atoms. The van der Waals surface area contributed by atoms with E-state index in [0.717, 1.165) is 44.9 Å². The van der Waals surface area contributed by atoms with Gasteiger partial charge in [-0.15, -0.1) is 0 Å². The van der Waals surface area contributed by atoms with E-state index in [4.69, 9.17) is 28.4 Å². The molecule has 0 aromatic carbocycles. The van der Waals surface area contributed by atoms with Gasteiger partial charge in [0.2, 0.25) is 5.91 Å². The number of carbonyl (C=O) groups excluding carboxylic acids is 1. The molecule has 0 radical (unpaired) electrons.